The van der Waals surface area contributed by atoms with Gasteiger partial charge in [-0.2, -0.15) is 0 Å². The Kier molecular flexibility index (Phi) is 3.10. The van der Waals surface area contributed by atoms with Crippen LogP contribution < -0.4 is 0 Å². The van der Waals surface area contributed by atoms with Gasteiger partial charge in [0.1, 0.15) is 5.04 Å². The van der Waals surface area contributed by atoms with E-state index in [4.69, 9.17) is 10.5 Å². The van der Waals surface area contributed by atoms with Crippen LogP contribution in [0.25, 0.3) is 0 Å². The summed E-state index contributed by atoms with van der Waals surface area (Å²) in [7, 11) is 0. The second kappa shape index (κ2) is 4.53. The molecular formula is C12H11NO2S. The maximum atomic E-state index is 11.6. The third-order valence-corrected chi connectivity index (χ3v) is 3.66. The fourth-order valence-electron chi connectivity index (χ4n) is 1.64. The number of carbonyl (C=O) groups is 1. The molecule has 0 saturated carbocycles. The number of aliphatic hydroxyl groups is 1. The second-order valence-corrected chi connectivity index (χ2v) is 4.73. The number of carbonyl (C=O) groups excluding carboxylic acids is 1. The van der Waals surface area contributed by atoms with Crippen LogP contribution in [0.1, 0.15) is 17.2 Å². The molecule has 4 heteroatoms. The molecule has 0 unspecified atom stereocenters. The first kappa shape index (κ1) is 11.0. The van der Waals surface area contributed by atoms with E-state index in [1.54, 1.807) is 0 Å². The zero-order chi connectivity index (χ0) is 11.5. The second-order valence-electron chi connectivity index (χ2n) is 3.52. The molecular weight excluding hydrogens is 222 g/mol. The maximum Gasteiger partial charge on any atom is 0.170 e. The number of ketones is 1. The number of aliphatic hydroxyl groups excluding tert-OH is 1. The van der Waals surface area contributed by atoms with Crippen LogP contribution in [0, 0.1) is 5.41 Å². The van der Waals surface area contributed by atoms with Gasteiger partial charge in [-0.1, -0.05) is 42.1 Å². The van der Waals surface area contributed by atoms with Crippen molar-refractivity contribution < 1.29 is 9.90 Å². The van der Waals surface area contributed by atoms with Gasteiger partial charge in [0, 0.05) is 11.7 Å². The van der Waals surface area contributed by atoms with Crippen molar-refractivity contribution in [3.8, 4) is 0 Å². The lowest BCUT2D eigenvalue weighted by molar-refractivity contribution is -0.115. The van der Waals surface area contributed by atoms with Crippen LogP contribution in [0.4, 0.5) is 0 Å². The lowest BCUT2D eigenvalue weighted by atomic mass is 10.0. The Morgan fingerprint density at radius 2 is 2.06 bits per heavy atom. The third-order valence-electron chi connectivity index (χ3n) is 2.48. The number of thioether (sulfide) groups is 1. The Bertz CT molecular complexity index is 433. The van der Waals surface area contributed by atoms with E-state index < -0.39 is 0 Å². The van der Waals surface area contributed by atoms with E-state index in [9.17, 15) is 4.79 Å². The van der Waals surface area contributed by atoms with Gasteiger partial charge in [-0.15, -0.1) is 0 Å². The topological polar surface area (TPSA) is 61.2 Å². The van der Waals surface area contributed by atoms with Gasteiger partial charge in [0.15, 0.2) is 5.78 Å². The highest BCUT2D eigenvalue weighted by atomic mass is 32.2. The predicted molar refractivity (Wildman–Crippen MR) is 64.8 cm³/mol. The maximum absolute atomic E-state index is 11.6. The van der Waals surface area contributed by atoms with Gasteiger partial charge in [-0.3, -0.25) is 10.2 Å². The summed E-state index contributed by atoms with van der Waals surface area (Å²) in [6, 6.07) is 9.66. The molecule has 1 aromatic rings. The molecule has 1 aliphatic heterocycles. The molecule has 1 atom stereocenters. The largest absolute Gasteiger partial charge is 0.515 e. The van der Waals surface area contributed by atoms with Crippen molar-refractivity contribution in [1.29, 1.82) is 5.41 Å². The molecule has 1 aromatic carbocycles. The number of hydrogen-bond acceptors (Lipinski definition) is 4. The molecule has 2 N–H and O–H groups in total. The summed E-state index contributed by atoms with van der Waals surface area (Å²) in [6.45, 7) is 0. The minimum atomic E-state index is -0.167. The summed E-state index contributed by atoms with van der Waals surface area (Å²) < 4.78 is 0. The van der Waals surface area contributed by atoms with Crippen LogP contribution in [0.2, 0.25) is 0 Å². The molecule has 1 heterocycles. The van der Waals surface area contributed by atoms with Gasteiger partial charge >= 0.3 is 0 Å². The first-order valence-electron chi connectivity index (χ1n) is 4.90. The summed E-state index contributed by atoms with van der Waals surface area (Å²) in [4.78, 5) is 11.6. The quantitative estimate of drug-likeness (QED) is 0.579. The highest BCUT2D eigenvalue weighted by Crippen LogP contribution is 2.39. The zero-order valence-corrected chi connectivity index (χ0v) is 9.33. The van der Waals surface area contributed by atoms with Crippen LogP contribution in [-0.4, -0.2) is 15.9 Å². The van der Waals surface area contributed by atoms with Gasteiger partial charge < -0.3 is 5.11 Å². The van der Waals surface area contributed by atoms with Crippen molar-refractivity contribution in [2.24, 2.45) is 0 Å². The Morgan fingerprint density at radius 3 is 2.62 bits per heavy atom. The highest BCUT2D eigenvalue weighted by molar-refractivity contribution is 8.14. The molecule has 1 saturated heterocycles. The van der Waals surface area contributed by atoms with Crippen LogP contribution in [-0.2, 0) is 4.79 Å². The van der Waals surface area contributed by atoms with Crippen molar-refractivity contribution in [3.63, 3.8) is 0 Å². The lowest BCUT2D eigenvalue weighted by Crippen LogP contribution is -2.19. The molecule has 0 spiro atoms. The van der Waals surface area contributed by atoms with Crippen molar-refractivity contribution in [2.45, 2.75) is 11.7 Å². The Balaban J connectivity index is 2.24. The molecule has 82 valence electrons. The minimum Gasteiger partial charge on any atom is -0.515 e. The van der Waals surface area contributed by atoms with Gasteiger partial charge in [-0.05, 0) is 5.56 Å². The molecule has 0 aliphatic carbocycles. The van der Waals surface area contributed by atoms with E-state index >= 15 is 0 Å². The van der Waals surface area contributed by atoms with Crippen molar-refractivity contribution in [1.82, 2.24) is 0 Å². The normalized spacial score (nSPS) is 23.8. The Labute approximate surface area is 97.7 Å². The fourth-order valence-corrected chi connectivity index (χ4v) is 2.74. The Hall–Kier alpha value is -1.55. The van der Waals surface area contributed by atoms with Crippen LogP contribution in [0.15, 0.2) is 42.2 Å². The van der Waals surface area contributed by atoms with Crippen LogP contribution in [0.3, 0.4) is 0 Å². The number of hydrogen-bond donors (Lipinski definition) is 2. The summed E-state index contributed by atoms with van der Waals surface area (Å²) in [5.41, 5.74) is 1.17. The molecule has 0 bridgehead atoms. The molecule has 1 fully saturated rings. The number of nitrogens with one attached hydrogen (secondary N) is 1. The molecule has 0 radical (unpaired) electrons. The van der Waals surface area contributed by atoms with E-state index in [0.717, 1.165) is 11.8 Å². The minimum absolute atomic E-state index is 0.00935. The Morgan fingerprint density at radius 1 is 1.38 bits per heavy atom. The lowest BCUT2D eigenvalue weighted by Gasteiger charge is -2.22. The van der Waals surface area contributed by atoms with Gasteiger partial charge in [0.25, 0.3) is 0 Å². The number of rotatable bonds is 1. The average Bonchev–Trinajstić information content (AvgIpc) is 2.30. The molecule has 3 nitrogen and oxygen atoms in total. The third kappa shape index (κ3) is 2.02. The SMILES string of the molecule is N=C1S[C@H](c2ccccc2)CC(=O)/C1=C/O. The number of Topliss-reactive ketones (excluding diaryl/α,β-unsaturated/α-hetero) is 1. The van der Waals surface area contributed by atoms with E-state index in [-0.39, 0.29) is 21.7 Å². The van der Waals surface area contributed by atoms with Crippen molar-refractivity contribution in [2.75, 3.05) is 0 Å². The van der Waals surface area contributed by atoms with Crippen molar-refractivity contribution >= 4 is 22.6 Å². The molecule has 16 heavy (non-hydrogen) atoms. The van der Waals surface area contributed by atoms with E-state index in [1.807, 2.05) is 30.3 Å². The van der Waals surface area contributed by atoms with Gasteiger partial charge in [-0.25, -0.2) is 0 Å². The number of benzene rings is 1. The van der Waals surface area contributed by atoms with E-state index in [0.29, 0.717) is 6.42 Å². The fraction of sp³-hybridized carbons (Fsp3) is 0.167. The van der Waals surface area contributed by atoms with Crippen LogP contribution in [0.5, 0.6) is 0 Å². The van der Waals surface area contributed by atoms with Gasteiger partial charge in [0.2, 0.25) is 0 Å². The van der Waals surface area contributed by atoms with E-state index in [2.05, 4.69) is 0 Å². The average molecular weight is 233 g/mol. The predicted octanol–water partition coefficient (Wildman–Crippen LogP) is 2.85. The highest BCUT2D eigenvalue weighted by Gasteiger charge is 2.29. The van der Waals surface area contributed by atoms with Gasteiger partial charge in [0.05, 0.1) is 11.8 Å². The first-order valence-corrected chi connectivity index (χ1v) is 5.78. The summed E-state index contributed by atoms with van der Waals surface area (Å²) in [6.07, 6.45) is 1.07. The first-order chi connectivity index (χ1) is 7.72. The standard InChI is InChI=1S/C12H11NO2S/c13-12-9(7-14)10(15)6-11(16-12)8-4-2-1-3-5-8/h1-5,7,11,13-14H,6H2/b9-7-,13-12?/t11-/m0/s1. The molecule has 0 amide bonds. The molecule has 2 rings (SSSR count). The van der Waals surface area contributed by atoms with Crippen molar-refractivity contribution in [3.05, 3.63) is 47.7 Å². The summed E-state index contributed by atoms with van der Waals surface area (Å²) in [5, 5.41) is 16.7. The molecule has 0 aromatic heterocycles. The smallest absolute Gasteiger partial charge is 0.170 e. The van der Waals surface area contributed by atoms with Crippen LogP contribution >= 0.6 is 11.8 Å². The molecule has 1 aliphatic rings. The van der Waals surface area contributed by atoms with E-state index in [1.165, 1.54) is 11.8 Å². The summed E-state index contributed by atoms with van der Waals surface area (Å²) in [5.74, 6) is -0.167. The summed E-state index contributed by atoms with van der Waals surface area (Å²) >= 11 is 1.31. The monoisotopic (exact) mass is 233 g/mol. The zero-order valence-electron chi connectivity index (χ0n) is 8.51.